The molecular formula is C22H26O4. The number of Topliss-reactive ketones (excluding diaryl/α,β-unsaturated/α-hetero) is 1. The molecule has 0 amide bonds. The maximum absolute atomic E-state index is 12.2. The molecule has 0 spiro atoms. The number of rotatable bonds is 5. The number of benzene rings is 2. The van der Waals surface area contributed by atoms with E-state index in [4.69, 9.17) is 9.47 Å². The van der Waals surface area contributed by atoms with E-state index in [-0.39, 0.29) is 11.8 Å². The maximum Gasteiger partial charge on any atom is 0.338 e. The Morgan fingerprint density at radius 3 is 2.35 bits per heavy atom. The van der Waals surface area contributed by atoms with Crippen molar-refractivity contribution in [2.45, 2.75) is 53.8 Å². The fourth-order valence-corrected chi connectivity index (χ4v) is 2.81. The molecule has 0 saturated heterocycles. The van der Waals surface area contributed by atoms with E-state index >= 15 is 0 Å². The van der Waals surface area contributed by atoms with Gasteiger partial charge in [0.25, 0.3) is 0 Å². The molecule has 26 heavy (non-hydrogen) atoms. The molecule has 0 saturated carbocycles. The summed E-state index contributed by atoms with van der Waals surface area (Å²) in [5.41, 5.74) is 3.29. The number of carbonyl (C=O) groups is 2. The van der Waals surface area contributed by atoms with E-state index in [1.54, 1.807) is 25.1 Å². The predicted molar refractivity (Wildman–Crippen MR) is 102 cm³/mol. The molecule has 0 fully saturated rings. The topological polar surface area (TPSA) is 52.6 Å². The molecule has 0 heterocycles. The predicted octanol–water partition coefficient (Wildman–Crippen LogP) is 5.04. The van der Waals surface area contributed by atoms with Gasteiger partial charge in [0.1, 0.15) is 18.0 Å². The average molecular weight is 354 g/mol. The summed E-state index contributed by atoms with van der Waals surface area (Å²) in [5.74, 6) is 0.338. The molecule has 4 nitrogen and oxygen atoms in total. The first-order chi connectivity index (χ1) is 12.1. The maximum atomic E-state index is 12.2. The second-order valence-corrected chi connectivity index (χ2v) is 7.43. The van der Waals surface area contributed by atoms with Gasteiger partial charge in [-0.15, -0.1) is 0 Å². The molecule has 0 atom stereocenters. The summed E-state index contributed by atoms with van der Waals surface area (Å²) in [6, 6.07) is 10.9. The van der Waals surface area contributed by atoms with Crippen LogP contribution in [-0.2, 0) is 11.3 Å². The monoisotopic (exact) mass is 354 g/mol. The first-order valence-electron chi connectivity index (χ1n) is 8.64. The molecule has 0 aliphatic heterocycles. The lowest BCUT2D eigenvalue weighted by atomic mass is 9.99. The number of hydrogen-bond acceptors (Lipinski definition) is 4. The molecule has 0 radical (unpaired) electrons. The van der Waals surface area contributed by atoms with Crippen molar-refractivity contribution >= 4 is 11.8 Å². The number of hydrogen-bond donors (Lipinski definition) is 0. The van der Waals surface area contributed by atoms with Crippen LogP contribution in [0.1, 0.15) is 65.1 Å². The van der Waals surface area contributed by atoms with E-state index in [1.807, 2.05) is 52.8 Å². The zero-order valence-corrected chi connectivity index (χ0v) is 16.3. The summed E-state index contributed by atoms with van der Waals surface area (Å²) < 4.78 is 11.3. The molecule has 0 aliphatic rings. The molecule has 2 aromatic carbocycles. The molecule has 0 unspecified atom stereocenters. The quantitative estimate of drug-likeness (QED) is 0.557. The van der Waals surface area contributed by atoms with Crippen LogP contribution in [0.3, 0.4) is 0 Å². The Bertz CT molecular complexity index is 829. The minimum absolute atomic E-state index is 0.0253. The van der Waals surface area contributed by atoms with Gasteiger partial charge in [-0.25, -0.2) is 4.79 Å². The largest absolute Gasteiger partial charge is 0.489 e. The van der Waals surface area contributed by atoms with E-state index in [0.717, 1.165) is 16.7 Å². The molecule has 0 N–H and O–H groups in total. The first-order valence-corrected chi connectivity index (χ1v) is 8.64. The van der Waals surface area contributed by atoms with Gasteiger partial charge < -0.3 is 9.47 Å². The van der Waals surface area contributed by atoms with E-state index in [2.05, 4.69) is 0 Å². The van der Waals surface area contributed by atoms with Crippen LogP contribution in [0.2, 0.25) is 0 Å². The Hall–Kier alpha value is -2.62. The molecule has 0 bridgehead atoms. The first kappa shape index (κ1) is 19.7. The Kier molecular flexibility index (Phi) is 5.86. The van der Waals surface area contributed by atoms with Crippen LogP contribution in [0.5, 0.6) is 5.75 Å². The van der Waals surface area contributed by atoms with Crippen molar-refractivity contribution in [3.8, 4) is 5.75 Å². The normalized spacial score (nSPS) is 11.2. The van der Waals surface area contributed by atoms with Gasteiger partial charge in [-0.1, -0.05) is 18.2 Å². The molecular weight excluding hydrogens is 328 g/mol. The fraction of sp³-hybridized carbons (Fsp3) is 0.364. The van der Waals surface area contributed by atoms with E-state index in [1.165, 1.54) is 0 Å². The number of ether oxygens (including phenoxy) is 2. The number of carbonyl (C=O) groups excluding carboxylic acids is 2. The lowest BCUT2D eigenvalue weighted by molar-refractivity contribution is 0.00692. The standard InChI is InChI=1S/C22H26O4/c1-14-10-11-19(15(2)20(14)16(3)23)25-13-17-8-7-9-18(12-17)21(24)26-22(4,5)6/h7-12H,13H2,1-6H3. The van der Waals surface area contributed by atoms with Gasteiger partial charge in [0.05, 0.1) is 5.56 Å². The smallest absolute Gasteiger partial charge is 0.338 e. The van der Waals surface area contributed by atoms with Crippen molar-refractivity contribution in [1.82, 2.24) is 0 Å². The molecule has 0 aromatic heterocycles. The van der Waals surface area contributed by atoms with E-state index < -0.39 is 5.60 Å². The van der Waals surface area contributed by atoms with Gasteiger partial charge in [-0.2, -0.15) is 0 Å². The Morgan fingerprint density at radius 2 is 1.73 bits per heavy atom. The van der Waals surface area contributed by atoms with Crippen molar-refractivity contribution in [2.75, 3.05) is 0 Å². The lowest BCUT2D eigenvalue weighted by Crippen LogP contribution is -2.23. The highest BCUT2D eigenvalue weighted by Gasteiger charge is 2.18. The molecule has 2 rings (SSSR count). The third-order valence-electron chi connectivity index (χ3n) is 3.93. The lowest BCUT2D eigenvalue weighted by Gasteiger charge is -2.19. The highest BCUT2D eigenvalue weighted by molar-refractivity contribution is 5.97. The number of ketones is 1. The van der Waals surface area contributed by atoms with Crippen molar-refractivity contribution in [3.63, 3.8) is 0 Å². The summed E-state index contributed by atoms with van der Waals surface area (Å²) >= 11 is 0. The van der Waals surface area contributed by atoms with Crippen LogP contribution in [0.4, 0.5) is 0 Å². The Balaban J connectivity index is 2.16. The van der Waals surface area contributed by atoms with Crippen LogP contribution in [0, 0.1) is 13.8 Å². The zero-order chi connectivity index (χ0) is 19.5. The van der Waals surface area contributed by atoms with Crippen LogP contribution in [-0.4, -0.2) is 17.4 Å². The van der Waals surface area contributed by atoms with Crippen molar-refractivity contribution < 1.29 is 19.1 Å². The van der Waals surface area contributed by atoms with Crippen molar-refractivity contribution in [2.24, 2.45) is 0 Å². The van der Waals surface area contributed by atoms with Gasteiger partial charge in [0.2, 0.25) is 0 Å². The minimum atomic E-state index is -0.536. The second-order valence-electron chi connectivity index (χ2n) is 7.43. The average Bonchev–Trinajstić information content (AvgIpc) is 2.52. The second kappa shape index (κ2) is 7.73. The molecule has 2 aromatic rings. The summed E-state index contributed by atoms with van der Waals surface area (Å²) in [4.78, 5) is 24.0. The van der Waals surface area contributed by atoms with E-state index in [9.17, 15) is 9.59 Å². The summed E-state index contributed by atoms with van der Waals surface area (Å²) in [7, 11) is 0. The van der Waals surface area contributed by atoms with Crippen LogP contribution < -0.4 is 4.74 Å². The SMILES string of the molecule is CC(=O)c1c(C)ccc(OCc2cccc(C(=O)OC(C)(C)C)c2)c1C. The molecule has 4 heteroatoms. The Labute approximate surface area is 155 Å². The van der Waals surface area contributed by atoms with Gasteiger partial charge in [-0.3, -0.25) is 4.79 Å². The van der Waals surface area contributed by atoms with Gasteiger partial charge >= 0.3 is 5.97 Å². The van der Waals surface area contributed by atoms with Crippen molar-refractivity contribution in [1.29, 1.82) is 0 Å². The number of esters is 1. The minimum Gasteiger partial charge on any atom is -0.489 e. The van der Waals surface area contributed by atoms with Gasteiger partial charge in [-0.05, 0) is 70.9 Å². The number of aryl methyl sites for hydroxylation is 1. The highest BCUT2D eigenvalue weighted by atomic mass is 16.6. The van der Waals surface area contributed by atoms with Crippen molar-refractivity contribution in [3.05, 3.63) is 64.2 Å². The van der Waals surface area contributed by atoms with Gasteiger partial charge in [0.15, 0.2) is 5.78 Å². The highest BCUT2D eigenvalue weighted by Crippen LogP contribution is 2.26. The summed E-state index contributed by atoms with van der Waals surface area (Å²) in [6.45, 7) is 11.2. The van der Waals surface area contributed by atoms with Crippen LogP contribution >= 0.6 is 0 Å². The Morgan fingerprint density at radius 1 is 1.04 bits per heavy atom. The van der Waals surface area contributed by atoms with Crippen LogP contribution in [0.25, 0.3) is 0 Å². The summed E-state index contributed by atoms with van der Waals surface area (Å²) in [6.07, 6.45) is 0. The third kappa shape index (κ3) is 4.94. The van der Waals surface area contributed by atoms with E-state index in [0.29, 0.717) is 23.5 Å². The van der Waals surface area contributed by atoms with Gasteiger partial charge in [0, 0.05) is 11.1 Å². The molecule has 138 valence electrons. The summed E-state index contributed by atoms with van der Waals surface area (Å²) in [5, 5.41) is 0. The molecule has 0 aliphatic carbocycles. The fourth-order valence-electron chi connectivity index (χ4n) is 2.81. The third-order valence-corrected chi connectivity index (χ3v) is 3.93. The van der Waals surface area contributed by atoms with Crippen LogP contribution in [0.15, 0.2) is 36.4 Å². The zero-order valence-electron chi connectivity index (χ0n) is 16.3.